The van der Waals surface area contributed by atoms with Crippen molar-refractivity contribution in [2.24, 2.45) is 0 Å². The van der Waals surface area contributed by atoms with Gasteiger partial charge in [-0.3, -0.25) is 0 Å². The highest BCUT2D eigenvalue weighted by atomic mass is 32.1. The van der Waals surface area contributed by atoms with E-state index in [2.05, 4.69) is 130 Å². The van der Waals surface area contributed by atoms with Gasteiger partial charge in [0.15, 0.2) is 0 Å². The molecule has 0 N–H and O–H groups in total. The second kappa shape index (κ2) is 12.9. The number of fused-ring (bicyclic) bond motifs is 11. The van der Waals surface area contributed by atoms with E-state index in [-0.39, 0.29) is 27.6 Å². The van der Waals surface area contributed by atoms with Crippen molar-refractivity contribution < 1.29 is 4.39 Å². The van der Waals surface area contributed by atoms with Gasteiger partial charge in [-0.05, 0) is 45.2 Å². The Labute approximate surface area is 344 Å². The standard InChI is InChI=1S/C52H38FN3S2/c1-51(2,3)31-20-16-29(17-21-31)42-39(28-54)44(53)43(30-18-22-32(23-19-30)52(4,5)6)48(45(42)55-7)56-46-35(24-26-37-33-12-8-10-14-40(33)57-49(37)46)36-25-27-38-34-13-9-11-15-41(34)58-50(38)47(36)56/h8-27H,1-6H3. The number of rotatable bonds is 3. The first-order valence-electron chi connectivity index (χ1n) is 19.5. The summed E-state index contributed by atoms with van der Waals surface area (Å²) < 4.78 is 24.7. The van der Waals surface area contributed by atoms with Gasteiger partial charge in [-0.15, -0.1) is 22.7 Å². The minimum atomic E-state index is -0.634. The molecule has 10 aromatic rings. The molecule has 280 valence electrons. The Morgan fingerprint density at radius 1 is 0.569 bits per heavy atom. The molecule has 0 aliphatic rings. The molecule has 0 unspecified atom stereocenters. The highest BCUT2D eigenvalue weighted by Crippen LogP contribution is 2.53. The van der Waals surface area contributed by atoms with Crippen LogP contribution >= 0.6 is 22.7 Å². The highest BCUT2D eigenvalue weighted by Gasteiger charge is 2.32. The Kier molecular flexibility index (Phi) is 7.99. The molecule has 0 spiro atoms. The molecule has 0 aliphatic heterocycles. The maximum Gasteiger partial charge on any atom is 0.220 e. The Bertz CT molecular complexity index is 3300. The van der Waals surface area contributed by atoms with E-state index in [1.807, 2.05) is 48.5 Å². The number of halogens is 1. The number of nitrogens with zero attached hydrogens (tertiary/aromatic N) is 3. The van der Waals surface area contributed by atoms with Crippen molar-refractivity contribution in [2.45, 2.75) is 52.4 Å². The molecule has 6 heteroatoms. The highest BCUT2D eigenvalue weighted by molar-refractivity contribution is 7.27. The zero-order valence-electron chi connectivity index (χ0n) is 33.1. The van der Waals surface area contributed by atoms with Crippen molar-refractivity contribution in [3.63, 3.8) is 0 Å². The van der Waals surface area contributed by atoms with Gasteiger partial charge in [0.05, 0.1) is 38.3 Å². The van der Waals surface area contributed by atoms with Crippen LogP contribution < -0.4 is 0 Å². The van der Waals surface area contributed by atoms with Crippen molar-refractivity contribution in [1.82, 2.24) is 4.57 Å². The molecule has 0 atom stereocenters. The van der Waals surface area contributed by atoms with Crippen LogP contribution in [-0.2, 0) is 10.8 Å². The zero-order valence-corrected chi connectivity index (χ0v) is 34.7. The van der Waals surface area contributed by atoms with Crippen LogP contribution in [0.2, 0.25) is 0 Å². The van der Waals surface area contributed by atoms with Crippen LogP contribution in [0.15, 0.2) is 121 Å². The number of hydrogen-bond acceptors (Lipinski definition) is 3. The summed E-state index contributed by atoms with van der Waals surface area (Å²) in [4.78, 5) is 4.34. The van der Waals surface area contributed by atoms with Crippen LogP contribution in [0.25, 0.3) is 94.9 Å². The van der Waals surface area contributed by atoms with Crippen LogP contribution in [0.5, 0.6) is 0 Å². The number of aromatic nitrogens is 1. The topological polar surface area (TPSA) is 33.1 Å². The molecule has 0 radical (unpaired) electrons. The Morgan fingerprint density at radius 3 is 1.43 bits per heavy atom. The first kappa shape index (κ1) is 36.1. The van der Waals surface area contributed by atoms with E-state index < -0.39 is 5.82 Å². The van der Waals surface area contributed by atoms with E-state index in [0.29, 0.717) is 22.4 Å². The van der Waals surface area contributed by atoms with Crippen molar-refractivity contribution in [2.75, 3.05) is 0 Å². The summed E-state index contributed by atoms with van der Waals surface area (Å²) in [6, 6.07) is 43.8. The third-order valence-corrected chi connectivity index (χ3v) is 14.1. The van der Waals surface area contributed by atoms with Crippen LogP contribution in [0.1, 0.15) is 58.2 Å². The lowest BCUT2D eigenvalue weighted by atomic mass is 9.84. The molecule has 0 aliphatic carbocycles. The maximum absolute atomic E-state index is 18.1. The SMILES string of the molecule is [C-]#[N+]c1c(-c2ccc(C(C)(C)C)cc2)c(C#N)c(F)c(-c2ccc(C(C)(C)C)cc2)c1-n1c2c(ccc3c4ccccc4sc32)c2ccc3c4ccccc4sc3c21. The van der Waals surface area contributed by atoms with Crippen LogP contribution in [0.3, 0.4) is 0 Å². The van der Waals surface area contributed by atoms with Crippen LogP contribution in [-0.4, -0.2) is 4.57 Å². The molecule has 3 nitrogen and oxygen atoms in total. The van der Waals surface area contributed by atoms with E-state index >= 15 is 4.39 Å². The summed E-state index contributed by atoms with van der Waals surface area (Å²) in [6.07, 6.45) is 0. The van der Waals surface area contributed by atoms with E-state index in [4.69, 9.17) is 6.57 Å². The van der Waals surface area contributed by atoms with Gasteiger partial charge in [-0.25, -0.2) is 9.24 Å². The molecule has 58 heavy (non-hydrogen) atoms. The van der Waals surface area contributed by atoms with E-state index in [1.165, 1.54) is 0 Å². The van der Waals surface area contributed by atoms with E-state index in [1.54, 1.807) is 22.7 Å². The van der Waals surface area contributed by atoms with Gasteiger partial charge in [0.25, 0.3) is 0 Å². The van der Waals surface area contributed by atoms with Crippen molar-refractivity contribution >= 4 is 90.5 Å². The first-order valence-corrected chi connectivity index (χ1v) is 21.1. The molecule has 3 aromatic heterocycles. The summed E-state index contributed by atoms with van der Waals surface area (Å²) in [7, 11) is 0. The predicted octanol–water partition coefficient (Wildman–Crippen LogP) is 16.0. The Morgan fingerprint density at radius 2 is 1.00 bits per heavy atom. The van der Waals surface area contributed by atoms with Gasteiger partial charge in [0.1, 0.15) is 11.9 Å². The summed E-state index contributed by atoms with van der Waals surface area (Å²) in [6.45, 7) is 22.0. The van der Waals surface area contributed by atoms with Crippen LogP contribution in [0.4, 0.5) is 10.1 Å². The quantitative estimate of drug-likeness (QED) is 0.164. The van der Waals surface area contributed by atoms with E-state index in [9.17, 15) is 5.26 Å². The van der Waals surface area contributed by atoms with Crippen LogP contribution in [0, 0.1) is 23.7 Å². The third kappa shape index (κ3) is 5.26. The second-order valence-corrected chi connectivity index (χ2v) is 19.3. The monoisotopic (exact) mass is 787 g/mol. The molecular weight excluding hydrogens is 750 g/mol. The van der Waals surface area contributed by atoms with Gasteiger partial charge in [-0.1, -0.05) is 151 Å². The molecule has 0 bridgehead atoms. The predicted molar refractivity (Wildman–Crippen MR) is 246 cm³/mol. The number of hydrogen-bond donors (Lipinski definition) is 0. The number of thiophene rings is 2. The molecule has 0 saturated carbocycles. The van der Waals surface area contributed by atoms with Gasteiger partial charge in [0.2, 0.25) is 5.69 Å². The molecule has 0 amide bonds. The second-order valence-electron chi connectivity index (χ2n) is 17.2. The van der Waals surface area contributed by atoms with Gasteiger partial charge in [-0.2, -0.15) is 5.26 Å². The van der Waals surface area contributed by atoms with Gasteiger partial charge >= 0.3 is 0 Å². The smallest absolute Gasteiger partial charge is 0.220 e. The maximum atomic E-state index is 18.1. The summed E-state index contributed by atoms with van der Waals surface area (Å²) in [5.74, 6) is -0.634. The Balaban J connectivity index is 1.46. The summed E-state index contributed by atoms with van der Waals surface area (Å²) >= 11 is 3.44. The largest absolute Gasteiger partial charge is 0.316 e. The normalized spacial score (nSPS) is 12.4. The molecule has 10 rings (SSSR count). The fourth-order valence-electron chi connectivity index (χ4n) is 8.71. The molecular formula is C52H38FN3S2. The lowest BCUT2D eigenvalue weighted by Crippen LogP contribution is -2.11. The molecule has 0 saturated heterocycles. The summed E-state index contributed by atoms with van der Waals surface area (Å²) in [5, 5.41) is 17.5. The van der Waals surface area contributed by atoms with E-state index in [0.717, 1.165) is 73.3 Å². The lowest BCUT2D eigenvalue weighted by Gasteiger charge is -2.23. The minimum Gasteiger partial charge on any atom is -0.316 e. The third-order valence-electron chi connectivity index (χ3n) is 11.7. The lowest BCUT2D eigenvalue weighted by molar-refractivity contribution is 0.590. The van der Waals surface area contributed by atoms with Crippen molar-refractivity contribution in [3.8, 4) is 34.0 Å². The summed E-state index contributed by atoms with van der Waals surface area (Å²) in [5.41, 5.74) is 6.16. The zero-order chi connectivity index (χ0) is 40.2. The molecule has 7 aromatic carbocycles. The fourth-order valence-corrected chi connectivity index (χ4v) is 11.2. The number of benzene rings is 7. The van der Waals surface area contributed by atoms with Gasteiger partial charge in [0, 0.05) is 52.8 Å². The number of nitriles is 1. The van der Waals surface area contributed by atoms with Crippen molar-refractivity contribution in [1.29, 1.82) is 5.26 Å². The average molecular weight is 788 g/mol. The average Bonchev–Trinajstić information content (AvgIpc) is 3.89. The minimum absolute atomic E-state index is 0.118. The Hall–Kier alpha value is -6.31. The first-order chi connectivity index (χ1) is 27.9. The fraction of sp³-hybridized carbons (Fsp3) is 0.154. The molecule has 0 fully saturated rings. The van der Waals surface area contributed by atoms with Gasteiger partial charge < -0.3 is 4.57 Å². The molecule has 3 heterocycles. The van der Waals surface area contributed by atoms with Crippen molar-refractivity contribution in [3.05, 3.63) is 155 Å².